The van der Waals surface area contributed by atoms with Crippen LogP contribution in [-0.4, -0.2) is 16.0 Å². The average molecular weight is 259 g/mol. The molecule has 0 aliphatic carbocycles. The minimum atomic E-state index is 0.151. The first-order valence-corrected chi connectivity index (χ1v) is 6.96. The summed E-state index contributed by atoms with van der Waals surface area (Å²) in [4.78, 5) is 9.96. The maximum Gasteiger partial charge on any atom is 0.138 e. The summed E-state index contributed by atoms with van der Waals surface area (Å²) in [5.41, 5.74) is 6.83. The summed E-state index contributed by atoms with van der Waals surface area (Å²) in [5, 5.41) is 0. The molecular formula is C14H17N3S. The molecule has 0 radical (unpaired) electrons. The Morgan fingerprint density at radius 3 is 2.44 bits per heavy atom. The second kappa shape index (κ2) is 6.52. The molecule has 3 nitrogen and oxygen atoms in total. The third-order valence-electron chi connectivity index (χ3n) is 2.43. The molecule has 1 atom stereocenters. The van der Waals surface area contributed by atoms with E-state index in [0.717, 1.165) is 23.6 Å². The fraction of sp³-hybridized carbons (Fsp3) is 0.286. The lowest BCUT2D eigenvalue weighted by Gasteiger charge is -2.05. The van der Waals surface area contributed by atoms with Gasteiger partial charge < -0.3 is 5.73 Å². The van der Waals surface area contributed by atoms with Gasteiger partial charge in [0.1, 0.15) is 5.82 Å². The third-order valence-corrected chi connectivity index (χ3v) is 3.44. The van der Waals surface area contributed by atoms with E-state index in [2.05, 4.69) is 22.1 Å². The zero-order valence-corrected chi connectivity index (χ0v) is 11.2. The van der Waals surface area contributed by atoms with E-state index in [4.69, 9.17) is 5.73 Å². The zero-order chi connectivity index (χ0) is 12.8. The van der Waals surface area contributed by atoms with Gasteiger partial charge in [0.2, 0.25) is 0 Å². The lowest BCUT2D eigenvalue weighted by atomic mass is 10.1. The van der Waals surface area contributed by atoms with Gasteiger partial charge in [-0.1, -0.05) is 18.2 Å². The van der Waals surface area contributed by atoms with Crippen molar-refractivity contribution < 1.29 is 0 Å². The van der Waals surface area contributed by atoms with E-state index in [1.54, 1.807) is 11.8 Å². The quantitative estimate of drug-likeness (QED) is 0.839. The third kappa shape index (κ3) is 4.13. The Morgan fingerprint density at radius 2 is 1.83 bits per heavy atom. The Kier molecular flexibility index (Phi) is 4.73. The van der Waals surface area contributed by atoms with Crippen LogP contribution >= 0.6 is 11.8 Å². The fourth-order valence-corrected chi connectivity index (χ4v) is 2.39. The molecule has 1 aromatic heterocycles. The maximum absolute atomic E-state index is 5.74. The summed E-state index contributed by atoms with van der Waals surface area (Å²) in [7, 11) is 0. The molecule has 0 aliphatic heterocycles. The van der Waals surface area contributed by atoms with Gasteiger partial charge in [0.05, 0.1) is 5.75 Å². The first kappa shape index (κ1) is 13.1. The maximum atomic E-state index is 5.74. The molecule has 0 bridgehead atoms. The summed E-state index contributed by atoms with van der Waals surface area (Å²) in [6, 6.07) is 10.4. The lowest BCUT2D eigenvalue weighted by Crippen LogP contribution is -2.18. The number of rotatable bonds is 5. The molecule has 0 saturated carbocycles. The number of benzene rings is 1. The SMILES string of the molecule is CC(N)Cc1cnc(CSc2ccccc2)nc1. The van der Waals surface area contributed by atoms with Crippen molar-refractivity contribution in [2.45, 2.75) is 30.0 Å². The van der Waals surface area contributed by atoms with Crippen molar-refractivity contribution in [3.63, 3.8) is 0 Å². The van der Waals surface area contributed by atoms with Crippen LogP contribution in [0.1, 0.15) is 18.3 Å². The van der Waals surface area contributed by atoms with Gasteiger partial charge in [-0.3, -0.25) is 0 Å². The molecule has 18 heavy (non-hydrogen) atoms. The van der Waals surface area contributed by atoms with Crippen LogP contribution in [0.25, 0.3) is 0 Å². The fourth-order valence-electron chi connectivity index (χ4n) is 1.60. The summed E-state index contributed by atoms with van der Waals surface area (Å²) in [6.07, 6.45) is 4.57. The zero-order valence-electron chi connectivity index (χ0n) is 10.4. The van der Waals surface area contributed by atoms with Crippen LogP contribution in [-0.2, 0) is 12.2 Å². The monoisotopic (exact) mass is 259 g/mol. The molecule has 4 heteroatoms. The average Bonchev–Trinajstić information content (AvgIpc) is 2.38. The smallest absolute Gasteiger partial charge is 0.138 e. The van der Waals surface area contributed by atoms with Crippen molar-refractivity contribution in [3.8, 4) is 0 Å². The van der Waals surface area contributed by atoms with Gasteiger partial charge in [0.25, 0.3) is 0 Å². The van der Waals surface area contributed by atoms with Crippen LogP contribution in [0.15, 0.2) is 47.6 Å². The molecule has 1 heterocycles. The first-order chi connectivity index (χ1) is 8.74. The van der Waals surface area contributed by atoms with Crippen molar-refractivity contribution in [2.24, 2.45) is 5.73 Å². The van der Waals surface area contributed by atoms with E-state index in [9.17, 15) is 0 Å². The molecular weight excluding hydrogens is 242 g/mol. The Balaban J connectivity index is 1.90. The first-order valence-electron chi connectivity index (χ1n) is 5.97. The number of hydrogen-bond donors (Lipinski definition) is 1. The Bertz CT molecular complexity index is 468. The van der Waals surface area contributed by atoms with E-state index < -0.39 is 0 Å². The summed E-state index contributed by atoms with van der Waals surface area (Å²) < 4.78 is 0. The molecule has 0 amide bonds. The molecule has 1 aromatic carbocycles. The molecule has 0 spiro atoms. The van der Waals surface area contributed by atoms with Gasteiger partial charge in [0.15, 0.2) is 0 Å². The largest absolute Gasteiger partial charge is 0.328 e. The molecule has 0 fully saturated rings. The second-order valence-electron chi connectivity index (χ2n) is 4.29. The Labute approximate surface area is 112 Å². The standard InChI is InChI=1S/C14H17N3S/c1-11(15)7-12-8-16-14(17-9-12)10-18-13-5-3-2-4-6-13/h2-6,8-9,11H,7,10,15H2,1H3. The predicted molar refractivity (Wildman–Crippen MR) is 75.4 cm³/mol. The second-order valence-corrected chi connectivity index (χ2v) is 5.34. The number of nitrogens with two attached hydrogens (primary N) is 1. The van der Waals surface area contributed by atoms with Crippen molar-refractivity contribution in [3.05, 3.63) is 54.1 Å². The Morgan fingerprint density at radius 1 is 1.17 bits per heavy atom. The molecule has 1 unspecified atom stereocenters. The Hall–Kier alpha value is -1.39. The molecule has 2 N–H and O–H groups in total. The minimum Gasteiger partial charge on any atom is -0.328 e. The van der Waals surface area contributed by atoms with Crippen LogP contribution in [0.3, 0.4) is 0 Å². The van der Waals surface area contributed by atoms with E-state index in [-0.39, 0.29) is 6.04 Å². The van der Waals surface area contributed by atoms with Crippen LogP contribution in [0.5, 0.6) is 0 Å². The molecule has 0 aliphatic rings. The lowest BCUT2D eigenvalue weighted by molar-refractivity contribution is 0.730. The van der Waals surface area contributed by atoms with E-state index in [1.807, 2.05) is 37.5 Å². The van der Waals surface area contributed by atoms with Crippen molar-refractivity contribution in [1.29, 1.82) is 0 Å². The van der Waals surface area contributed by atoms with Crippen LogP contribution in [0, 0.1) is 0 Å². The topological polar surface area (TPSA) is 51.8 Å². The van der Waals surface area contributed by atoms with Crippen LogP contribution < -0.4 is 5.73 Å². The molecule has 94 valence electrons. The van der Waals surface area contributed by atoms with Gasteiger partial charge in [0, 0.05) is 23.3 Å². The van der Waals surface area contributed by atoms with E-state index in [1.165, 1.54) is 4.90 Å². The highest BCUT2D eigenvalue weighted by molar-refractivity contribution is 7.98. The van der Waals surface area contributed by atoms with E-state index in [0.29, 0.717) is 0 Å². The van der Waals surface area contributed by atoms with Gasteiger partial charge >= 0.3 is 0 Å². The summed E-state index contributed by atoms with van der Waals surface area (Å²) in [6.45, 7) is 1.99. The normalized spacial score (nSPS) is 12.3. The molecule has 2 rings (SSSR count). The van der Waals surface area contributed by atoms with Gasteiger partial charge in [-0.25, -0.2) is 9.97 Å². The van der Waals surface area contributed by atoms with Gasteiger partial charge in [-0.2, -0.15) is 0 Å². The summed E-state index contributed by atoms with van der Waals surface area (Å²) >= 11 is 1.74. The minimum absolute atomic E-state index is 0.151. The molecule has 0 saturated heterocycles. The van der Waals surface area contributed by atoms with Crippen LogP contribution in [0.2, 0.25) is 0 Å². The highest BCUT2D eigenvalue weighted by atomic mass is 32.2. The van der Waals surface area contributed by atoms with Gasteiger partial charge in [-0.15, -0.1) is 11.8 Å². The van der Waals surface area contributed by atoms with Gasteiger partial charge in [-0.05, 0) is 31.0 Å². The van der Waals surface area contributed by atoms with Crippen molar-refractivity contribution in [2.75, 3.05) is 0 Å². The summed E-state index contributed by atoms with van der Waals surface area (Å²) in [5.74, 6) is 1.65. The van der Waals surface area contributed by atoms with Crippen molar-refractivity contribution in [1.82, 2.24) is 9.97 Å². The molecule has 2 aromatic rings. The predicted octanol–water partition coefficient (Wildman–Crippen LogP) is 2.66. The number of thioether (sulfide) groups is 1. The van der Waals surface area contributed by atoms with Crippen LogP contribution in [0.4, 0.5) is 0 Å². The van der Waals surface area contributed by atoms with Crippen molar-refractivity contribution >= 4 is 11.8 Å². The van der Waals surface area contributed by atoms with E-state index >= 15 is 0 Å². The number of nitrogens with zero attached hydrogens (tertiary/aromatic N) is 2. The number of hydrogen-bond acceptors (Lipinski definition) is 4. The highest BCUT2D eigenvalue weighted by Gasteiger charge is 2.01. The number of aromatic nitrogens is 2. The highest BCUT2D eigenvalue weighted by Crippen LogP contribution is 2.20.